The number of hydrogen-bond donors (Lipinski definition) is 2. The summed E-state index contributed by atoms with van der Waals surface area (Å²) in [7, 11) is 0. The van der Waals surface area contributed by atoms with Crippen molar-refractivity contribution in [1.29, 1.82) is 0 Å². The van der Waals surface area contributed by atoms with E-state index in [2.05, 4.69) is 5.43 Å². The summed E-state index contributed by atoms with van der Waals surface area (Å²) >= 11 is 0. The molecule has 0 aromatic heterocycles. The molecule has 2 aromatic carbocycles. The SMILES string of the molecule is Cc1cc(C(Cc2ccc(F)cc2F)NN)ccc1F. The highest BCUT2D eigenvalue weighted by Crippen LogP contribution is 2.22. The first-order chi connectivity index (χ1) is 9.51. The van der Waals surface area contributed by atoms with E-state index in [4.69, 9.17) is 5.84 Å². The lowest BCUT2D eigenvalue weighted by molar-refractivity contribution is 0.520. The van der Waals surface area contributed by atoms with Crippen LogP contribution in [0.3, 0.4) is 0 Å². The number of halogens is 3. The highest BCUT2D eigenvalue weighted by atomic mass is 19.1. The van der Waals surface area contributed by atoms with Gasteiger partial charge in [0, 0.05) is 6.07 Å². The number of nitrogens with two attached hydrogens (primary N) is 1. The van der Waals surface area contributed by atoms with Gasteiger partial charge in [0.1, 0.15) is 17.5 Å². The van der Waals surface area contributed by atoms with Crippen LogP contribution in [0, 0.1) is 24.4 Å². The molecule has 3 N–H and O–H groups in total. The topological polar surface area (TPSA) is 38.0 Å². The van der Waals surface area contributed by atoms with Crippen molar-refractivity contribution in [2.24, 2.45) is 5.84 Å². The maximum absolute atomic E-state index is 13.6. The fraction of sp³-hybridized carbons (Fsp3) is 0.200. The Morgan fingerprint density at radius 3 is 2.40 bits per heavy atom. The number of hydrogen-bond acceptors (Lipinski definition) is 2. The first-order valence-electron chi connectivity index (χ1n) is 6.17. The third kappa shape index (κ3) is 3.18. The molecule has 0 aliphatic heterocycles. The third-order valence-electron chi connectivity index (χ3n) is 3.22. The minimum absolute atomic E-state index is 0.244. The van der Waals surface area contributed by atoms with E-state index in [1.54, 1.807) is 19.1 Å². The molecule has 5 heteroatoms. The fourth-order valence-corrected chi connectivity index (χ4v) is 2.06. The van der Waals surface area contributed by atoms with Crippen LogP contribution in [0.5, 0.6) is 0 Å². The second-order valence-corrected chi connectivity index (χ2v) is 4.67. The molecule has 0 spiro atoms. The first kappa shape index (κ1) is 14.6. The molecule has 0 heterocycles. The zero-order valence-corrected chi connectivity index (χ0v) is 11.0. The maximum Gasteiger partial charge on any atom is 0.129 e. The molecular weight excluding hydrogens is 265 g/mol. The van der Waals surface area contributed by atoms with Crippen LogP contribution in [0.4, 0.5) is 13.2 Å². The third-order valence-corrected chi connectivity index (χ3v) is 3.22. The molecular formula is C15H15F3N2. The lowest BCUT2D eigenvalue weighted by Gasteiger charge is -2.17. The van der Waals surface area contributed by atoms with Gasteiger partial charge in [-0.3, -0.25) is 11.3 Å². The van der Waals surface area contributed by atoms with Crippen LogP contribution in [0.15, 0.2) is 36.4 Å². The van der Waals surface area contributed by atoms with Crippen molar-refractivity contribution in [2.45, 2.75) is 19.4 Å². The zero-order valence-electron chi connectivity index (χ0n) is 11.0. The second-order valence-electron chi connectivity index (χ2n) is 4.67. The first-order valence-corrected chi connectivity index (χ1v) is 6.17. The molecule has 0 fully saturated rings. The number of rotatable bonds is 4. The van der Waals surface area contributed by atoms with Gasteiger partial charge in [-0.05, 0) is 42.2 Å². The Bertz CT molecular complexity index is 614. The largest absolute Gasteiger partial charge is 0.271 e. The van der Waals surface area contributed by atoms with Gasteiger partial charge in [0.05, 0.1) is 6.04 Å². The maximum atomic E-state index is 13.6. The summed E-state index contributed by atoms with van der Waals surface area (Å²) in [5.74, 6) is 3.93. The van der Waals surface area contributed by atoms with Gasteiger partial charge < -0.3 is 0 Å². The lowest BCUT2D eigenvalue weighted by atomic mass is 9.97. The second kappa shape index (κ2) is 6.07. The highest BCUT2D eigenvalue weighted by Gasteiger charge is 2.14. The minimum Gasteiger partial charge on any atom is -0.271 e. The molecule has 0 saturated heterocycles. The summed E-state index contributed by atoms with van der Waals surface area (Å²) in [5.41, 5.74) is 4.15. The Balaban J connectivity index is 2.26. The van der Waals surface area contributed by atoms with Crippen molar-refractivity contribution < 1.29 is 13.2 Å². The summed E-state index contributed by atoms with van der Waals surface area (Å²) in [4.78, 5) is 0. The molecule has 0 bridgehead atoms. The van der Waals surface area contributed by atoms with Crippen molar-refractivity contribution in [2.75, 3.05) is 0 Å². The van der Waals surface area contributed by atoms with E-state index >= 15 is 0 Å². The molecule has 0 radical (unpaired) electrons. The molecule has 1 atom stereocenters. The average molecular weight is 280 g/mol. The van der Waals surface area contributed by atoms with E-state index in [9.17, 15) is 13.2 Å². The predicted octanol–water partition coefficient (Wildman–Crippen LogP) is 3.16. The van der Waals surface area contributed by atoms with Gasteiger partial charge in [0.2, 0.25) is 0 Å². The fourth-order valence-electron chi connectivity index (χ4n) is 2.06. The number of aryl methyl sites for hydroxylation is 1. The highest BCUT2D eigenvalue weighted by molar-refractivity contribution is 5.29. The Labute approximate surface area is 115 Å². The molecule has 0 saturated carbocycles. The van der Waals surface area contributed by atoms with E-state index in [1.807, 2.05) is 0 Å². The number of hydrazine groups is 1. The Morgan fingerprint density at radius 1 is 1.05 bits per heavy atom. The monoisotopic (exact) mass is 280 g/mol. The summed E-state index contributed by atoms with van der Waals surface area (Å²) in [6, 6.07) is 7.62. The van der Waals surface area contributed by atoms with E-state index in [-0.39, 0.29) is 18.3 Å². The van der Waals surface area contributed by atoms with Crippen molar-refractivity contribution in [1.82, 2.24) is 5.43 Å². The van der Waals surface area contributed by atoms with Gasteiger partial charge in [-0.1, -0.05) is 18.2 Å². The van der Waals surface area contributed by atoms with Crippen molar-refractivity contribution in [3.8, 4) is 0 Å². The summed E-state index contributed by atoms with van der Waals surface area (Å²) in [6.07, 6.45) is 0.244. The predicted molar refractivity (Wildman–Crippen MR) is 71.3 cm³/mol. The van der Waals surface area contributed by atoms with Gasteiger partial charge in [0.25, 0.3) is 0 Å². The van der Waals surface area contributed by atoms with Crippen molar-refractivity contribution >= 4 is 0 Å². The van der Waals surface area contributed by atoms with Crippen LogP contribution in [0.25, 0.3) is 0 Å². The van der Waals surface area contributed by atoms with Crippen LogP contribution in [-0.4, -0.2) is 0 Å². The Morgan fingerprint density at radius 2 is 1.80 bits per heavy atom. The van der Waals surface area contributed by atoms with E-state index in [1.165, 1.54) is 18.2 Å². The average Bonchev–Trinajstić information content (AvgIpc) is 2.41. The standard InChI is InChI=1S/C15H15F3N2/c1-9-6-11(3-5-13(9)17)15(20-19)7-10-2-4-12(16)8-14(10)18/h2-6,8,15,20H,7,19H2,1H3. The van der Waals surface area contributed by atoms with E-state index in [0.717, 1.165) is 11.6 Å². The van der Waals surface area contributed by atoms with Crippen molar-refractivity contribution in [3.05, 3.63) is 70.5 Å². The lowest BCUT2D eigenvalue weighted by Crippen LogP contribution is -2.30. The minimum atomic E-state index is -0.624. The molecule has 2 nitrogen and oxygen atoms in total. The van der Waals surface area contributed by atoms with E-state index in [0.29, 0.717) is 11.1 Å². The van der Waals surface area contributed by atoms with Crippen LogP contribution in [0.1, 0.15) is 22.7 Å². The summed E-state index contributed by atoms with van der Waals surface area (Å²) in [6.45, 7) is 1.64. The normalized spacial score (nSPS) is 12.4. The van der Waals surface area contributed by atoms with Gasteiger partial charge in [-0.25, -0.2) is 13.2 Å². The van der Waals surface area contributed by atoms with Crippen LogP contribution < -0.4 is 11.3 Å². The summed E-state index contributed by atoms with van der Waals surface area (Å²) < 4.78 is 39.8. The smallest absolute Gasteiger partial charge is 0.129 e. The van der Waals surface area contributed by atoms with Crippen LogP contribution >= 0.6 is 0 Å². The molecule has 2 aromatic rings. The van der Waals surface area contributed by atoms with Gasteiger partial charge in [-0.2, -0.15) is 0 Å². The molecule has 0 aliphatic carbocycles. The number of benzene rings is 2. The Hall–Kier alpha value is -1.85. The van der Waals surface area contributed by atoms with Crippen LogP contribution in [0.2, 0.25) is 0 Å². The van der Waals surface area contributed by atoms with E-state index < -0.39 is 11.6 Å². The molecule has 2 rings (SSSR count). The quantitative estimate of drug-likeness (QED) is 0.667. The Kier molecular flexibility index (Phi) is 4.42. The number of nitrogens with one attached hydrogen (secondary N) is 1. The van der Waals surface area contributed by atoms with Gasteiger partial charge in [0.15, 0.2) is 0 Å². The van der Waals surface area contributed by atoms with Gasteiger partial charge >= 0.3 is 0 Å². The summed E-state index contributed by atoms with van der Waals surface area (Å²) in [5, 5.41) is 0. The molecule has 106 valence electrons. The van der Waals surface area contributed by atoms with Crippen molar-refractivity contribution in [3.63, 3.8) is 0 Å². The molecule has 0 amide bonds. The molecule has 1 unspecified atom stereocenters. The zero-order chi connectivity index (χ0) is 14.7. The van der Waals surface area contributed by atoms with Crippen LogP contribution in [-0.2, 0) is 6.42 Å². The molecule has 20 heavy (non-hydrogen) atoms. The molecule has 0 aliphatic rings. The van der Waals surface area contributed by atoms with Gasteiger partial charge in [-0.15, -0.1) is 0 Å².